The van der Waals surface area contributed by atoms with Gasteiger partial charge in [-0.05, 0) is 34.1 Å². The zero-order valence-corrected chi connectivity index (χ0v) is 14.9. The fourth-order valence-electron chi connectivity index (χ4n) is 1.48. The number of aromatic hydroxyl groups is 1. The molecule has 0 aliphatic rings. The Morgan fingerprint density at radius 2 is 1.06 bits per heavy atom. The molecule has 0 spiro atoms. The Hall–Kier alpha value is 0.193. The van der Waals surface area contributed by atoms with Gasteiger partial charge in [0.1, 0.15) is 5.75 Å². The second kappa shape index (κ2) is 6.39. The van der Waals surface area contributed by atoms with Crippen LogP contribution in [0, 0.1) is 0 Å². The van der Waals surface area contributed by atoms with Crippen LogP contribution < -0.4 is 0 Å². The van der Waals surface area contributed by atoms with Crippen LogP contribution in [0.25, 0.3) is 0 Å². The van der Waals surface area contributed by atoms with Gasteiger partial charge in [0, 0.05) is 26.2 Å². The minimum absolute atomic E-state index is 0. The van der Waals surface area contributed by atoms with E-state index in [1.165, 1.54) is 11.1 Å². The van der Waals surface area contributed by atoms with Gasteiger partial charge in [0.25, 0.3) is 0 Å². The van der Waals surface area contributed by atoms with Crippen LogP contribution in [-0.2, 0) is 37.0 Å². The minimum atomic E-state index is 0. The molecular weight excluding hydrogens is 311 g/mol. The van der Waals surface area contributed by atoms with Crippen molar-refractivity contribution in [3.8, 4) is 5.75 Å². The molecule has 0 fully saturated rings. The van der Waals surface area contributed by atoms with Crippen LogP contribution in [0.3, 0.4) is 0 Å². The van der Waals surface area contributed by atoms with E-state index in [1.807, 2.05) is 12.1 Å². The number of hydrogen-bond acceptors (Lipinski definition) is 1. The van der Waals surface area contributed by atoms with Crippen LogP contribution in [0.2, 0.25) is 0 Å². The molecular formula is C14H23ClOZr. The predicted octanol–water partition coefficient (Wildman–Crippen LogP) is 4.41. The molecule has 0 aromatic heterocycles. The van der Waals surface area contributed by atoms with Crippen molar-refractivity contribution in [2.24, 2.45) is 0 Å². The molecule has 0 bridgehead atoms. The SMILES string of the molecule is CC(C)(C)c1cc(O)cc(C(C)(C)C)c1.Cl.[Zr]. The summed E-state index contributed by atoms with van der Waals surface area (Å²) in [6.07, 6.45) is 0. The van der Waals surface area contributed by atoms with Gasteiger partial charge in [0.2, 0.25) is 0 Å². The summed E-state index contributed by atoms with van der Waals surface area (Å²) in [5.74, 6) is 0.368. The van der Waals surface area contributed by atoms with E-state index in [4.69, 9.17) is 0 Å². The first-order valence-corrected chi connectivity index (χ1v) is 5.46. The Morgan fingerprint density at radius 3 is 1.29 bits per heavy atom. The zero-order valence-electron chi connectivity index (χ0n) is 11.6. The van der Waals surface area contributed by atoms with E-state index in [0.717, 1.165) is 0 Å². The summed E-state index contributed by atoms with van der Waals surface area (Å²) >= 11 is 0. The van der Waals surface area contributed by atoms with Crippen molar-refractivity contribution in [2.75, 3.05) is 0 Å². The van der Waals surface area contributed by atoms with E-state index >= 15 is 0 Å². The molecule has 0 aliphatic carbocycles. The molecule has 0 aliphatic heterocycles. The molecule has 0 atom stereocenters. The quantitative estimate of drug-likeness (QED) is 0.745. The van der Waals surface area contributed by atoms with Gasteiger partial charge in [-0.3, -0.25) is 0 Å². The summed E-state index contributed by atoms with van der Waals surface area (Å²) in [7, 11) is 0. The van der Waals surface area contributed by atoms with Crippen LogP contribution >= 0.6 is 12.4 Å². The van der Waals surface area contributed by atoms with E-state index in [1.54, 1.807) is 0 Å². The Morgan fingerprint density at radius 1 is 0.765 bits per heavy atom. The average molecular weight is 334 g/mol. The van der Waals surface area contributed by atoms with Crippen LogP contribution in [0.4, 0.5) is 0 Å². The molecule has 3 heteroatoms. The molecule has 17 heavy (non-hydrogen) atoms. The smallest absolute Gasteiger partial charge is 0.116 e. The van der Waals surface area contributed by atoms with Crippen molar-refractivity contribution in [3.63, 3.8) is 0 Å². The van der Waals surface area contributed by atoms with E-state index in [2.05, 4.69) is 47.6 Å². The third-order valence-corrected chi connectivity index (χ3v) is 2.65. The first-order chi connectivity index (χ1) is 6.60. The molecule has 0 amide bonds. The first kappa shape index (κ1) is 19.5. The minimum Gasteiger partial charge on any atom is -0.508 e. The summed E-state index contributed by atoms with van der Waals surface area (Å²) in [4.78, 5) is 0. The summed E-state index contributed by atoms with van der Waals surface area (Å²) in [6.45, 7) is 13.0. The summed E-state index contributed by atoms with van der Waals surface area (Å²) in [6, 6.07) is 5.91. The summed E-state index contributed by atoms with van der Waals surface area (Å²) in [5, 5.41) is 9.72. The van der Waals surface area contributed by atoms with Crippen molar-refractivity contribution >= 4 is 12.4 Å². The van der Waals surface area contributed by atoms with Crippen LogP contribution in [0.15, 0.2) is 18.2 Å². The van der Waals surface area contributed by atoms with Crippen molar-refractivity contribution < 1.29 is 31.3 Å². The maximum atomic E-state index is 9.72. The molecule has 96 valence electrons. The molecule has 0 saturated carbocycles. The third kappa shape index (κ3) is 5.57. The van der Waals surface area contributed by atoms with Crippen molar-refractivity contribution in [3.05, 3.63) is 29.3 Å². The van der Waals surface area contributed by atoms with Gasteiger partial charge >= 0.3 is 0 Å². The fraction of sp³-hybridized carbons (Fsp3) is 0.571. The molecule has 0 unspecified atom stereocenters. The number of rotatable bonds is 0. The van der Waals surface area contributed by atoms with Crippen molar-refractivity contribution in [1.29, 1.82) is 0 Å². The monoisotopic (exact) mass is 332 g/mol. The van der Waals surface area contributed by atoms with Crippen LogP contribution in [0.1, 0.15) is 52.7 Å². The summed E-state index contributed by atoms with van der Waals surface area (Å²) < 4.78 is 0. The Bertz CT molecular complexity index is 329. The summed E-state index contributed by atoms with van der Waals surface area (Å²) in [5.41, 5.74) is 2.54. The van der Waals surface area contributed by atoms with Gasteiger partial charge < -0.3 is 5.11 Å². The first-order valence-electron chi connectivity index (χ1n) is 5.46. The maximum Gasteiger partial charge on any atom is 0.116 e. The number of phenolic OH excluding ortho intramolecular Hbond substituents is 1. The number of halogens is 1. The molecule has 1 nitrogen and oxygen atoms in total. The molecule has 1 aromatic rings. The molecule has 0 radical (unpaired) electrons. The second-order valence-corrected chi connectivity index (χ2v) is 6.27. The number of hydrogen-bond donors (Lipinski definition) is 1. The normalized spacial score (nSPS) is 11.4. The second-order valence-electron chi connectivity index (χ2n) is 6.27. The van der Waals surface area contributed by atoms with Crippen molar-refractivity contribution in [1.82, 2.24) is 0 Å². The Balaban J connectivity index is 0. The third-order valence-electron chi connectivity index (χ3n) is 2.65. The maximum absolute atomic E-state index is 9.72. The number of benzene rings is 1. The van der Waals surface area contributed by atoms with E-state index < -0.39 is 0 Å². The van der Waals surface area contributed by atoms with Gasteiger partial charge in [0.05, 0.1) is 0 Å². The largest absolute Gasteiger partial charge is 0.508 e. The molecule has 1 N–H and O–H groups in total. The van der Waals surface area contributed by atoms with Crippen molar-refractivity contribution in [2.45, 2.75) is 52.4 Å². The van der Waals surface area contributed by atoms with Gasteiger partial charge in [-0.2, -0.15) is 0 Å². The topological polar surface area (TPSA) is 20.2 Å². The molecule has 0 heterocycles. The standard InChI is InChI=1S/C14H22O.ClH.Zr/c1-13(2,3)10-7-11(14(4,5)6)9-12(15)8-10;;/h7-9,15H,1-6H3;1H;. The van der Waals surface area contributed by atoms with Gasteiger partial charge in [-0.15, -0.1) is 12.4 Å². The van der Waals surface area contributed by atoms with E-state index in [0.29, 0.717) is 5.75 Å². The Kier molecular flexibility index (Phi) is 7.34. The Labute approximate surface area is 131 Å². The number of phenols is 1. The van der Waals surface area contributed by atoms with Gasteiger partial charge in [-0.1, -0.05) is 47.6 Å². The molecule has 0 saturated heterocycles. The van der Waals surface area contributed by atoms with E-state index in [-0.39, 0.29) is 49.4 Å². The fourth-order valence-corrected chi connectivity index (χ4v) is 1.48. The van der Waals surface area contributed by atoms with Crippen LogP contribution in [0.5, 0.6) is 5.75 Å². The zero-order chi connectivity index (χ0) is 11.9. The van der Waals surface area contributed by atoms with Gasteiger partial charge in [-0.25, -0.2) is 0 Å². The van der Waals surface area contributed by atoms with E-state index in [9.17, 15) is 5.11 Å². The predicted molar refractivity (Wildman–Crippen MR) is 72.8 cm³/mol. The average Bonchev–Trinajstić information content (AvgIpc) is 1.99. The molecule has 1 aromatic carbocycles. The van der Waals surface area contributed by atoms with Gasteiger partial charge in [0.15, 0.2) is 0 Å². The van der Waals surface area contributed by atoms with Crippen LogP contribution in [-0.4, -0.2) is 5.11 Å². The molecule has 1 rings (SSSR count).